The Balaban J connectivity index is 1.97. The number of aryl methyl sites for hydroxylation is 1. The first-order valence-electron chi connectivity index (χ1n) is 9.04. The summed E-state index contributed by atoms with van der Waals surface area (Å²) in [5.74, 6) is 0.728. The molecule has 0 aliphatic heterocycles. The highest BCUT2D eigenvalue weighted by Crippen LogP contribution is 2.35. The number of fused-ring (bicyclic) bond motifs is 1. The summed E-state index contributed by atoms with van der Waals surface area (Å²) in [7, 11) is 0. The molecule has 27 heavy (non-hydrogen) atoms. The molecule has 0 spiro atoms. The second-order valence-electron chi connectivity index (χ2n) is 6.77. The fraction of sp³-hybridized carbons (Fsp3) is 0.182. The minimum absolute atomic E-state index is 0.427. The van der Waals surface area contributed by atoms with Gasteiger partial charge in [-0.1, -0.05) is 42.5 Å². The number of hydrogen-bond donors (Lipinski definition) is 2. The second-order valence-corrected chi connectivity index (χ2v) is 6.77. The Hall–Kier alpha value is -3.18. The van der Waals surface area contributed by atoms with Gasteiger partial charge in [0, 0.05) is 24.0 Å². The number of aliphatic hydroxyl groups is 1. The molecule has 0 saturated heterocycles. The summed E-state index contributed by atoms with van der Waals surface area (Å²) in [4.78, 5) is 9.01. The van der Waals surface area contributed by atoms with Gasteiger partial charge in [-0.2, -0.15) is 0 Å². The third kappa shape index (κ3) is 3.41. The standard InChI is InChI=1S/C22H22N4O/c1-15-7-6-10-18(11-15)26-13-19(17-8-4-3-5-9-17)20-21(23-12-16(2)27)24-14-25-22(20)26/h3-11,13-14,16,27H,12H2,1-2H3,(H,23,24,25). The molecule has 0 aliphatic carbocycles. The average Bonchev–Trinajstić information content (AvgIpc) is 3.07. The molecule has 5 nitrogen and oxygen atoms in total. The van der Waals surface area contributed by atoms with Crippen LogP contribution in [0.15, 0.2) is 67.1 Å². The summed E-state index contributed by atoms with van der Waals surface area (Å²) in [6.07, 6.45) is 3.21. The maximum Gasteiger partial charge on any atom is 0.150 e. The van der Waals surface area contributed by atoms with Crippen LogP contribution in [0.3, 0.4) is 0 Å². The second kappa shape index (κ2) is 7.21. The molecule has 0 aliphatic rings. The third-order valence-corrected chi connectivity index (χ3v) is 4.51. The zero-order valence-corrected chi connectivity index (χ0v) is 15.4. The minimum atomic E-state index is -0.464. The molecule has 0 saturated carbocycles. The predicted octanol–water partition coefficient (Wildman–Crippen LogP) is 4.19. The quantitative estimate of drug-likeness (QED) is 0.561. The van der Waals surface area contributed by atoms with Crippen LogP contribution < -0.4 is 5.32 Å². The highest BCUT2D eigenvalue weighted by atomic mass is 16.3. The SMILES string of the molecule is Cc1cccc(-n2cc(-c3ccccc3)c3c(NCC(C)O)ncnc32)c1. The first kappa shape index (κ1) is 17.2. The lowest BCUT2D eigenvalue weighted by molar-refractivity contribution is 0.208. The molecule has 1 atom stereocenters. The topological polar surface area (TPSA) is 63.0 Å². The number of nitrogens with zero attached hydrogens (tertiary/aromatic N) is 3. The van der Waals surface area contributed by atoms with Crippen molar-refractivity contribution < 1.29 is 5.11 Å². The van der Waals surface area contributed by atoms with Crippen molar-refractivity contribution in [1.82, 2.24) is 14.5 Å². The summed E-state index contributed by atoms with van der Waals surface area (Å²) >= 11 is 0. The van der Waals surface area contributed by atoms with Crippen molar-refractivity contribution in [3.05, 3.63) is 72.7 Å². The Kier molecular flexibility index (Phi) is 4.60. The first-order chi connectivity index (χ1) is 13.1. The maximum atomic E-state index is 9.67. The normalized spacial score (nSPS) is 12.3. The van der Waals surface area contributed by atoms with Gasteiger partial charge in [-0.25, -0.2) is 9.97 Å². The fourth-order valence-electron chi connectivity index (χ4n) is 3.25. The molecule has 0 radical (unpaired) electrons. The van der Waals surface area contributed by atoms with Crippen molar-refractivity contribution in [2.24, 2.45) is 0 Å². The van der Waals surface area contributed by atoms with Gasteiger partial charge in [0.2, 0.25) is 0 Å². The van der Waals surface area contributed by atoms with Gasteiger partial charge in [-0.3, -0.25) is 0 Å². The number of benzene rings is 2. The smallest absolute Gasteiger partial charge is 0.150 e. The van der Waals surface area contributed by atoms with Gasteiger partial charge in [-0.15, -0.1) is 0 Å². The van der Waals surface area contributed by atoms with Crippen LogP contribution in [-0.4, -0.2) is 32.3 Å². The third-order valence-electron chi connectivity index (χ3n) is 4.51. The molecule has 136 valence electrons. The zero-order valence-electron chi connectivity index (χ0n) is 15.4. The number of aromatic nitrogens is 3. The van der Waals surface area contributed by atoms with E-state index < -0.39 is 6.10 Å². The Morgan fingerprint density at radius 3 is 2.63 bits per heavy atom. The summed E-state index contributed by atoms with van der Waals surface area (Å²) in [6.45, 7) is 4.26. The molecule has 4 rings (SSSR count). The van der Waals surface area contributed by atoms with E-state index in [1.165, 1.54) is 5.56 Å². The average molecular weight is 358 g/mol. The van der Waals surface area contributed by atoms with E-state index >= 15 is 0 Å². The van der Waals surface area contributed by atoms with Gasteiger partial charge in [-0.05, 0) is 37.1 Å². The number of anilines is 1. The van der Waals surface area contributed by atoms with Crippen LogP contribution in [0.25, 0.3) is 27.8 Å². The number of rotatable bonds is 5. The van der Waals surface area contributed by atoms with E-state index in [9.17, 15) is 5.11 Å². The molecule has 5 heteroatoms. The summed E-state index contributed by atoms with van der Waals surface area (Å²) in [5.41, 5.74) is 5.24. The molecular weight excluding hydrogens is 336 g/mol. The van der Waals surface area contributed by atoms with E-state index in [-0.39, 0.29) is 0 Å². The molecule has 2 aromatic heterocycles. The van der Waals surface area contributed by atoms with Gasteiger partial charge >= 0.3 is 0 Å². The Morgan fingerprint density at radius 1 is 1.07 bits per heavy atom. The molecule has 0 bridgehead atoms. The lowest BCUT2D eigenvalue weighted by atomic mass is 10.1. The van der Waals surface area contributed by atoms with Crippen molar-refractivity contribution in [1.29, 1.82) is 0 Å². The summed E-state index contributed by atoms with van der Waals surface area (Å²) < 4.78 is 2.10. The van der Waals surface area contributed by atoms with Gasteiger partial charge in [0.1, 0.15) is 12.1 Å². The van der Waals surface area contributed by atoms with Crippen LogP contribution >= 0.6 is 0 Å². The number of aliphatic hydroxyl groups excluding tert-OH is 1. The molecular formula is C22H22N4O. The lowest BCUT2D eigenvalue weighted by Crippen LogP contribution is -2.16. The monoisotopic (exact) mass is 358 g/mol. The number of nitrogens with one attached hydrogen (secondary N) is 1. The van der Waals surface area contributed by atoms with Crippen molar-refractivity contribution in [2.75, 3.05) is 11.9 Å². The summed E-state index contributed by atoms with van der Waals surface area (Å²) in [6, 6.07) is 18.6. The van der Waals surface area contributed by atoms with E-state index in [0.29, 0.717) is 6.54 Å². The minimum Gasteiger partial charge on any atom is -0.392 e. The van der Waals surface area contributed by atoms with Crippen molar-refractivity contribution in [3.8, 4) is 16.8 Å². The highest BCUT2D eigenvalue weighted by molar-refractivity contribution is 6.02. The molecule has 2 aromatic carbocycles. The van der Waals surface area contributed by atoms with Gasteiger partial charge in [0.25, 0.3) is 0 Å². The van der Waals surface area contributed by atoms with Crippen molar-refractivity contribution in [3.63, 3.8) is 0 Å². The van der Waals surface area contributed by atoms with Crippen molar-refractivity contribution >= 4 is 16.9 Å². The fourth-order valence-corrected chi connectivity index (χ4v) is 3.25. The van der Waals surface area contributed by atoms with E-state index in [2.05, 4.69) is 63.3 Å². The van der Waals surface area contributed by atoms with Gasteiger partial charge < -0.3 is 15.0 Å². The van der Waals surface area contributed by atoms with Crippen molar-refractivity contribution in [2.45, 2.75) is 20.0 Å². The van der Waals surface area contributed by atoms with E-state index in [0.717, 1.165) is 33.7 Å². The Morgan fingerprint density at radius 2 is 1.89 bits per heavy atom. The Bertz CT molecular complexity index is 1070. The zero-order chi connectivity index (χ0) is 18.8. The molecule has 4 aromatic rings. The predicted molar refractivity (Wildman–Crippen MR) is 109 cm³/mol. The molecule has 2 heterocycles. The Labute approximate surface area is 158 Å². The lowest BCUT2D eigenvalue weighted by Gasteiger charge is -2.10. The van der Waals surface area contributed by atoms with Crippen LogP contribution in [0.4, 0.5) is 5.82 Å². The number of hydrogen-bond acceptors (Lipinski definition) is 4. The highest BCUT2D eigenvalue weighted by Gasteiger charge is 2.17. The summed E-state index contributed by atoms with van der Waals surface area (Å²) in [5, 5.41) is 13.9. The molecule has 0 amide bonds. The van der Waals surface area contributed by atoms with E-state index in [1.807, 2.05) is 24.3 Å². The maximum absolute atomic E-state index is 9.67. The van der Waals surface area contributed by atoms with Crippen LogP contribution in [-0.2, 0) is 0 Å². The van der Waals surface area contributed by atoms with Crippen LogP contribution in [0, 0.1) is 6.92 Å². The molecule has 0 fully saturated rings. The van der Waals surface area contributed by atoms with Crippen LogP contribution in [0.2, 0.25) is 0 Å². The van der Waals surface area contributed by atoms with Crippen LogP contribution in [0.5, 0.6) is 0 Å². The largest absolute Gasteiger partial charge is 0.392 e. The molecule has 2 N–H and O–H groups in total. The van der Waals surface area contributed by atoms with Gasteiger partial charge in [0.15, 0.2) is 5.65 Å². The van der Waals surface area contributed by atoms with E-state index in [1.54, 1.807) is 13.3 Å². The first-order valence-corrected chi connectivity index (χ1v) is 9.04. The van der Waals surface area contributed by atoms with Gasteiger partial charge in [0.05, 0.1) is 11.5 Å². The molecule has 1 unspecified atom stereocenters. The van der Waals surface area contributed by atoms with E-state index in [4.69, 9.17) is 0 Å². The van der Waals surface area contributed by atoms with Crippen LogP contribution in [0.1, 0.15) is 12.5 Å².